The van der Waals surface area contributed by atoms with Crippen LogP contribution >= 0.6 is 43.5 Å². The Morgan fingerprint density at radius 2 is 1.57 bits per heavy atom. The molecule has 0 radical (unpaired) electrons. The summed E-state index contributed by atoms with van der Waals surface area (Å²) in [6, 6.07) is 27.0. The van der Waals surface area contributed by atoms with Gasteiger partial charge in [-0.2, -0.15) is 4.31 Å². The largest absolute Gasteiger partial charge is 0.368 e. The molecule has 0 aromatic heterocycles. The average Bonchev–Trinajstić information content (AvgIpc) is 3.00. The summed E-state index contributed by atoms with van der Waals surface area (Å²) in [6.07, 6.45) is 2.10. The summed E-state index contributed by atoms with van der Waals surface area (Å²) < 4.78 is 32.0. The van der Waals surface area contributed by atoms with Crippen molar-refractivity contribution in [2.45, 2.75) is 35.9 Å². The first-order chi connectivity index (χ1) is 21.0. The summed E-state index contributed by atoms with van der Waals surface area (Å²) in [6.45, 7) is 0. The van der Waals surface area contributed by atoms with E-state index in [1.165, 1.54) is 16.4 Å². The molecule has 4 aromatic rings. The van der Waals surface area contributed by atoms with Crippen molar-refractivity contribution in [1.29, 1.82) is 0 Å². The van der Waals surface area contributed by atoms with Gasteiger partial charge in [-0.15, -0.1) is 0 Å². The van der Waals surface area contributed by atoms with E-state index in [-0.39, 0.29) is 23.3 Å². The van der Waals surface area contributed by atoms with Gasteiger partial charge in [0.2, 0.25) is 21.8 Å². The number of rotatable bonds is 9. The monoisotopic (exact) mass is 755 g/mol. The smallest absolute Gasteiger partial charge is 0.249 e. The first-order valence-corrected chi connectivity index (χ1v) is 17.1. The molecule has 0 saturated heterocycles. The number of nitrogens with two attached hydrogens (primary N) is 1. The van der Waals surface area contributed by atoms with Crippen LogP contribution in [0.3, 0.4) is 0 Å². The lowest BCUT2D eigenvalue weighted by Crippen LogP contribution is -2.49. The molecule has 0 spiro atoms. The van der Waals surface area contributed by atoms with Crippen molar-refractivity contribution >= 4 is 65.3 Å². The maximum atomic E-state index is 14.6. The molecule has 1 aliphatic heterocycles. The van der Waals surface area contributed by atoms with Crippen LogP contribution in [0.5, 0.6) is 0 Å². The molecule has 0 bridgehead atoms. The highest BCUT2D eigenvalue weighted by atomic mass is 79.9. The molecule has 44 heavy (non-hydrogen) atoms. The highest BCUT2D eigenvalue weighted by molar-refractivity contribution is 9.10. The summed E-state index contributed by atoms with van der Waals surface area (Å²) in [5, 5.41) is 3.25. The third kappa shape index (κ3) is 7.16. The van der Waals surface area contributed by atoms with E-state index < -0.39 is 40.0 Å². The molecule has 0 saturated carbocycles. The molecule has 226 valence electrons. The molecule has 0 fully saturated rings. The van der Waals surface area contributed by atoms with E-state index in [4.69, 9.17) is 17.3 Å². The molecule has 7 nitrogen and oxygen atoms in total. The molecular weight excluding hydrogens is 730 g/mol. The van der Waals surface area contributed by atoms with Gasteiger partial charge in [0.25, 0.3) is 0 Å². The summed E-state index contributed by atoms with van der Waals surface area (Å²) in [5.74, 6) is -1.29. The second kappa shape index (κ2) is 13.8. The highest BCUT2D eigenvalue weighted by Crippen LogP contribution is 2.46. The van der Waals surface area contributed by atoms with Crippen LogP contribution in [-0.4, -0.2) is 30.6 Å². The number of halogens is 3. The molecule has 3 unspecified atom stereocenters. The Morgan fingerprint density at radius 1 is 0.886 bits per heavy atom. The van der Waals surface area contributed by atoms with Gasteiger partial charge in [0, 0.05) is 26.0 Å². The van der Waals surface area contributed by atoms with Gasteiger partial charge < -0.3 is 11.1 Å². The minimum absolute atomic E-state index is 0.0634. The van der Waals surface area contributed by atoms with Crippen LogP contribution in [0.25, 0.3) is 0 Å². The maximum Gasteiger partial charge on any atom is 0.249 e. The zero-order valence-corrected chi connectivity index (χ0v) is 28.0. The van der Waals surface area contributed by atoms with Gasteiger partial charge in [0.1, 0.15) is 6.04 Å². The molecule has 1 heterocycles. The zero-order valence-electron chi connectivity index (χ0n) is 23.2. The van der Waals surface area contributed by atoms with Gasteiger partial charge in [-0.3, -0.25) is 9.59 Å². The fourth-order valence-electron chi connectivity index (χ4n) is 5.34. The van der Waals surface area contributed by atoms with Crippen molar-refractivity contribution in [3.05, 3.63) is 145 Å². The summed E-state index contributed by atoms with van der Waals surface area (Å²) in [5.41, 5.74) is 7.96. The normalized spacial score (nSPS) is 17.8. The second-order valence-corrected chi connectivity index (χ2v) is 14.4. The molecular formula is C33H28Br2ClN3O4S. The first kappa shape index (κ1) is 32.1. The molecule has 3 atom stereocenters. The summed E-state index contributed by atoms with van der Waals surface area (Å²) in [4.78, 5) is 26.6. The number of carbonyl (C=O) groups is 2. The molecule has 0 aliphatic carbocycles. The maximum absolute atomic E-state index is 14.6. The first-order valence-electron chi connectivity index (χ1n) is 13.7. The Balaban J connectivity index is 1.65. The zero-order chi connectivity index (χ0) is 31.4. The van der Waals surface area contributed by atoms with Crippen LogP contribution in [-0.2, 0) is 26.0 Å². The van der Waals surface area contributed by atoms with Crippen molar-refractivity contribution in [2.24, 2.45) is 5.73 Å². The number of hydrogen-bond acceptors (Lipinski definition) is 4. The third-order valence-electron chi connectivity index (χ3n) is 7.40. The molecule has 11 heteroatoms. The van der Waals surface area contributed by atoms with E-state index in [0.29, 0.717) is 20.6 Å². The Kier molecular flexibility index (Phi) is 10.1. The van der Waals surface area contributed by atoms with Crippen LogP contribution in [0.2, 0.25) is 5.02 Å². The predicted molar refractivity (Wildman–Crippen MR) is 178 cm³/mol. The Bertz CT molecular complexity index is 1820. The van der Waals surface area contributed by atoms with Gasteiger partial charge in [0.05, 0.1) is 17.0 Å². The lowest BCUT2D eigenvalue weighted by atomic mass is 9.88. The number of benzene rings is 4. The Morgan fingerprint density at radius 3 is 2.23 bits per heavy atom. The summed E-state index contributed by atoms with van der Waals surface area (Å²) >= 11 is 13.2. The van der Waals surface area contributed by atoms with Gasteiger partial charge in [0.15, 0.2) is 0 Å². The fourth-order valence-corrected chi connectivity index (χ4v) is 8.00. The van der Waals surface area contributed by atoms with E-state index in [0.717, 1.165) is 10.0 Å². The number of carbonyl (C=O) groups excluding carboxylic acids is 2. The standard InChI is InChI=1S/C33H28Br2ClN3O4S/c34-24-12-14-27(15-13-24)44(42,43)39-30(22-8-5-11-26(36)20-22)17-16-28(31(39)23-9-4-10-25(35)19-23)33(41)38-29(32(37)40)18-21-6-2-1-3-7-21/h1-16,19-20,29-31H,17-18H2,(H2,37,40)(H,38,41). The quantitative estimate of drug-likeness (QED) is 0.194. The van der Waals surface area contributed by atoms with Gasteiger partial charge in [-0.05, 0) is 71.6 Å². The van der Waals surface area contributed by atoms with Crippen LogP contribution in [0.15, 0.2) is 129 Å². The summed E-state index contributed by atoms with van der Waals surface area (Å²) in [7, 11) is -4.22. The minimum atomic E-state index is -4.22. The van der Waals surface area contributed by atoms with Crippen molar-refractivity contribution in [3.63, 3.8) is 0 Å². The van der Waals surface area contributed by atoms with Crippen molar-refractivity contribution in [1.82, 2.24) is 9.62 Å². The Labute approximate surface area is 278 Å². The number of nitrogens with one attached hydrogen (secondary N) is 1. The predicted octanol–water partition coefficient (Wildman–Crippen LogP) is 6.88. The molecule has 2 amide bonds. The van der Waals surface area contributed by atoms with Crippen LogP contribution < -0.4 is 11.1 Å². The topological polar surface area (TPSA) is 110 Å². The van der Waals surface area contributed by atoms with Crippen molar-refractivity contribution < 1.29 is 18.0 Å². The van der Waals surface area contributed by atoms with E-state index in [1.54, 1.807) is 54.6 Å². The number of primary amides is 1. The molecule has 4 aromatic carbocycles. The number of nitrogens with zero attached hydrogens (tertiary/aromatic N) is 1. The van der Waals surface area contributed by atoms with Gasteiger partial charge in [-0.25, -0.2) is 8.42 Å². The third-order valence-corrected chi connectivity index (χ3v) is 10.5. The number of amides is 2. The van der Waals surface area contributed by atoms with Gasteiger partial charge >= 0.3 is 0 Å². The Hall–Kier alpha value is -3.28. The minimum Gasteiger partial charge on any atom is -0.368 e. The van der Waals surface area contributed by atoms with Crippen LogP contribution in [0.1, 0.15) is 35.2 Å². The van der Waals surface area contributed by atoms with E-state index in [2.05, 4.69) is 37.2 Å². The SMILES string of the molecule is NC(=O)C(Cc1ccccc1)NC(=O)C1=CCC(c2cccc(Cl)c2)N(S(=O)(=O)c2ccc(Br)cc2)C1c1cccc(Br)c1. The second-order valence-electron chi connectivity index (χ2n) is 10.3. The molecule has 5 rings (SSSR count). The lowest BCUT2D eigenvalue weighted by Gasteiger charge is -2.41. The fraction of sp³-hybridized carbons (Fsp3) is 0.152. The van der Waals surface area contributed by atoms with Crippen molar-refractivity contribution in [3.8, 4) is 0 Å². The van der Waals surface area contributed by atoms with Crippen LogP contribution in [0, 0.1) is 0 Å². The van der Waals surface area contributed by atoms with E-state index >= 15 is 0 Å². The van der Waals surface area contributed by atoms with E-state index in [9.17, 15) is 18.0 Å². The van der Waals surface area contributed by atoms with Gasteiger partial charge in [-0.1, -0.05) is 104 Å². The van der Waals surface area contributed by atoms with Crippen LogP contribution in [0.4, 0.5) is 0 Å². The average molecular weight is 758 g/mol. The van der Waals surface area contributed by atoms with E-state index in [1.807, 2.05) is 42.5 Å². The number of hydrogen-bond donors (Lipinski definition) is 2. The molecule has 3 N–H and O–H groups in total. The van der Waals surface area contributed by atoms with Crippen molar-refractivity contribution in [2.75, 3.05) is 0 Å². The number of sulfonamides is 1. The lowest BCUT2D eigenvalue weighted by molar-refractivity contribution is -0.125. The molecule has 1 aliphatic rings. The highest BCUT2D eigenvalue weighted by Gasteiger charge is 2.45.